The number of amides is 1. The Balaban J connectivity index is 0.00000208. The van der Waals surface area contributed by atoms with Crippen molar-refractivity contribution in [2.45, 2.75) is 44.8 Å². The fourth-order valence-electron chi connectivity index (χ4n) is 2.88. The van der Waals surface area contributed by atoms with Gasteiger partial charge in [0.2, 0.25) is 5.91 Å². The van der Waals surface area contributed by atoms with E-state index in [0.29, 0.717) is 11.8 Å². The maximum absolute atomic E-state index is 12.6. The fraction of sp³-hybridized carbons (Fsp3) is 0.562. The molecule has 132 valence electrons. The predicted molar refractivity (Wildman–Crippen MR) is 104 cm³/mol. The molecule has 2 atom stereocenters. The van der Waals surface area contributed by atoms with Crippen molar-refractivity contribution in [3.63, 3.8) is 0 Å². The molecular weight excluding hydrogens is 364 g/mol. The van der Waals surface area contributed by atoms with Crippen molar-refractivity contribution in [3.05, 3.63) is 16.8 Å². The fourth-order valence-corrected chi connectivity index (χ4v) is 4.88. The molecule has 8 heteroatoms. The van der Waals surface area contributed by atoms with Crippen LogP contribution in [0.3, 0.4) is 0 Å². The second-order valence-corrected chi connectivity index (χ2v) is 8.17. The van der Waals surface area contributed by atoms with Crippen LogP contribution in [0.5, 0.6) is 0 Å². The Labute approximate surface area is 157 Å². The van der Waals surface area contributed by atoms with Gasteiger partial charge in [-0.15, -0.1) is 23.7 Å². The van der Waals surface area contributed by atoms with Crippen molar-refractivity contribution in [3.8, 4) is 0 Å². The van der Waals surface area contributed by atoms with Gasteiger partial charge in [-0.25, -0.2) is 9.97 Å². The molecule has 0 aromatic carbocycles. The van der Waals surface area contributed by atoms with Crippen LogP contribution in [-0.4, -0.2) is 51.7 Å². The minimum Gasteiger partial charge on any atom is -0.336 e. The molecule has 0 radical (unpaired) electrons. The molecule has 0 saturated carbocycles. The van der Waals surface area contributed by atoms with Crippen LogP contribution in [0.15, 0.2) is 11.4 Å². The first-order valence-corrected chi connectivity index (χ1v) is 9.65. The molecule has 3 heterocycles. The Bertz CT molecular complexity index is 736. The molecule has 1 aliphatic heterocycles. The second-order valence-electron chi connectivity index (χ2n) is 6.00. The summed E-state index contributed by atoms with van der Waals surface area (Å²) in [5.74, 6) is 0.615. The van der Waals surface area contributed by atoms with E-state index in [1.807, 2.05) is 4.90 Å². The monoisotopic (exact) mass is 386 g/mol. The normalized spacial score (nSPS) is 20.9. The topological polar surface area (TPSA) is 58.1 Å². The van der Waals surface area contributed by atoms with E-state index in [4.69, 9.17) is 0 Å². The number of nitrogens with one attached hydrogen (secondary N) is 1. The lowest BCUT2D eigenvalue weighted by atomic mass is 10.1. The molecule has 1 N–H and O–H groups in total. The Hall–Kier alpha value is -0.890. The van der Waals surface area contributed by atoms with Crippen LogP contribution in [0.2, 0.25) is 0 Å². The number of carbonyl (C=O) groups is 1. The van der Waals surface area contributed by atoms with Gasteiger partial charge < -0.3 is 10.2 Å². The zero-order valence-electron chi connectivity index (χ0n) is 14.3. The van der Waals surface area contributed by atoms with Gasteiger partial charge in [0, 0.05) is 35.4 Å². The van der Waals surface area contributed by atoms with Crippen LogP contribution in [-0.2, 0) is 4.79 Å². The minimum atomic E-state index is 0. The molecule has 2 aromatic rings. The highest BCUT2D eigenvalue weighted by Gasteiger charge is 2.28. The Morgan fingerprint density at radius 2 is 2.17 bits per heavy atom. The molecule has 0 bridgehead atoms. The predicted octanol–water partition coefficient (Wildman–Crippen LogP) is 3.03. The summed E-state index contributed by atoms with van der Waals surface area (Å²) in [4.78, 5) is 25.6. The van der Waals surface area contributed by atoms with Gasteiger partial charge in [-0.3, -0.25) is 4.79 Å². The van der Waals surface area contributed by atoms with Crippen molar-refractivity contribution in [1.82, 2.24) is 20.2 Å². The van der Waals surface area contributed by atoms with Gasteiger partial charge in [-0.05, 0) is 33.3 Å². The van der Waals surface area contributed by atoms with Gasteiger partial charge in [0.25, 0.3) is 0 Å². The van der Waals surface area contributed by atoms with Crippen LogP contribution >= 0.6 is 35.5 Å². The molecule has 0 spiro atoms. The van der Waals surface area contributed by atoms with Crippen LogP contribution in [0.25, 0.3) is 10.2 Å². The largest absolute Gasteiger partial charge is 0.336 e. The lowest BCUT2D eigenvalue weighted by molar-refractivity contribution is -0.131. The van der Waals surface area contributed by atoms with Crippen LogP contribution in [0.4, 0.5) is 0 Å². The molecule has 1 aliphatic rings. The Morgan fingerprint density at radius 3 is 2.92 bits per heavy atom. The molecule has 24 heavy (non-hydrogen) atoms. The minimum absolute atomic E-state index is 0. The summed E-state index contributed by atoms with van der Waals surface area (Å²) in [5, 5.41) is 5.43. The van der Waals surface area contributed by atoms with E-state index in [0.717, 1.165) is 28.3 Å². The van der Waals surface area contributed by atoms with Gasteiger partial charge in [0.15, 0.2) is 0 Å². The lowest BCUT2D eigenvalue weighted by Crippen LogP contribution is -2.57. The van der Waals surface area contributed by atoms with E-state index < -0.39 is 0 Å². The molecule has 2 unspecified atom stereocenters. The second kappa shape index (κ2) is 7.99. The first-order valence-electron chi connectivity index (χ1n) is 7.85. The molecule has 5 nitrogen and oxygen atoms in total. The summed E-state index contributed by atoms with van der Waals surface area (Å²) in [6, 6.07) is 0.567. The van der Waals surface area contributed by atoms with E-state index in [-0.39, 0.29) is 24.4 Å². The van der Waals surface area contributed by atoms with Crippen molar-refractivity contribution >= 4 is 51.6 Å². The van der Waals surface area contributed by atoms with Gasteiger partial charge in [-0.1, -0.05) is 11.8 Å². The molecule has 1 fully saturated rings. The standard InChI is InChI=1S/C16H22N4OS2.ClH/c1-9-12(4)23-16-14(9)15(18-8-19-16)22-7-13(21)20-6-5-17-10(2)11(20)3;/h8,10-11,17H,5-7H2,1-4H3;1H. The summed E-state index contributed by atoms with van der Waals surface area (Å²) in [6.45, 7) is 10.1. The number of rotatable bonds is 3. The highest BCUT2D eigenvalue weighted by atomic mass is 35.5. The number of halogens is 1. The number of piperazine rings is 1. The molecule has 3 rings (SSSR count). The van der Waals surface area contributed by atoms with Crippen molar-refractivity contribution < 1.29 is 4.79 Å². The smallest absolute Gasteiger partial charge is 0.233 e. The molecule has 1 amide bonds. The van der Waals surface area contributed by atoms with Gasteiger partial charge in [0.1, 0.15) is 16.2 Å². The van der Waals surface area contributed by atoms with E-state index >= 15 is 0 Å². The lowest BCUT2D eigenvalue weighted by Gasteiger charge is -2.38. The van der Waals surface area contributed by atoms with E-state index in [1.165, 1.54) is 22.2 Å². The number of thiophene rings is 1. The Morgan fingerprint density at radius 1 is 1.42 bits per heavy atom. The zero-order chi connectivity index (χ0) is 16.6. The quantitative estimate of drug-likeness (QED) is 0.649. The zero-order valence-corrected chi connectivity index (χ0v) is 16.8. The third kappa shape index (κ3) is 3.69. The number of hydrogen-bond donors (Lipinski definition) is 1. The average molecular weight is 387 g/mol. The summed E-state index contributed by atoms with van der Waals surface area (Å²) >= 11 is 3.21. The van der Waals surface area contributed by atoms with Gasteiger partial charge >= 0.3 is 0 Å². The number of carbonyl (C=O) groups excluding carboxylic acids is 1. The number of aromatic nitrogens is 2. The SMILES string of the molecule is Cc1sc2ncnc(SCC(=O)N3CCNC(C)C3C)c2c1C.Cl. The summed E-state index contributed by atoms with van der Waals surface area (Å²) < 4.78 is 0. The number of hydrogen-bond acceptors (Lipinski definition) is 6. The van der Waals surface area contributed by atoms with Gasteiger partial charge in [0.05, 0.1) is 5.75 Å². The highest BCUT2D eigenvalue weighted by Crippen LogP contribution is 2.34. The maximum Gasteiger partial charge on any atom is 0.233 e. The van der Waals surface area contributed by atoms with Crippen LogP contribution < -0.4 is 5.32 Å². The number of fused-ring (bicyclic) bond motifs is 1. The molecular formula is C16H23ClN4OS2. The average Bonchev–Trinajstić information content (AvgIpc) is 2.83. The first kappa shape index (κ1) is 19.4. The van der Waals surface area contributed by atoms with E-state index in [9.17, 15) is 4.79 Å². The van der Waals surface area contributed by atoms with Crippen molar-refractivity contribution in [2.75, 3.05) is 18.8 Å². The molecule has 2 aromatic heterocycles. The summed E-state index contributed by atoms with van der Waals surface area (Å²) in [5.41, 5.74) is 1.23. The first-order chi connectivity index (χ1) is 11.0. The third-order valence-electron chi connectivity index (χ3n) is 4.62. The number of nitrogens with zero attached hydrogens (tertiary/aromatic N) is 3. The summed E-state index contributed by atoms with van der Waals surface area (Å²) in [7, 11) is 0. The molecule has 0 aliphatic carbocycles. The van der Waals surface area contributed by atoms with Crippen LogP contribution in [0, 0.1) is 13.8 Å². The summed E-state index contributed by atoms with van der Waals surface area (Å²) in [6.07, 6.45) is 1.60. The number of aryl methyl sites for hydroxylation is 2. The van der Waals surface area contributed by atoms with Crippen molar-refractivity contribution in [2.24, 2.45) is 0 Å². The number of thioether (sulfide) groups is 1. The Kier molecular flexibility index (Phi) is 6.47. The van der Waals surface area contributed by atoms with Crippen LogP contribution in [0.1, 0.15) is 24.3 Å². The third-order valence-corrected chi connectivity index (χ3v) is 6.71. The molecule has 1 saturated heterocycles. The van der Waals surface area contributed by atoms with Crippen molar-refractivity contribution in [1.29, 1.82) is 0 Å². The van der Waals surface area contributed by atoms with Gasteiger partial charge in [-0.2, -0.15) is 0 Å². The highest BCUT2D eigenvalue weighted by molar-refractivity contribution is 8.00. The van der Waals surface area contributed by atoms with E-state index in [2.05, 4.69) is 43.0 Å². The van der Waals surface area contributed by atoms with E-state index in [1.54, 1.807) is 17.7 Å². The maximum atomic E-state index is 12.6.